The Morgan fingerprint density at radius 1 is 0.969 bits per heavy atom. The molecule has 4 aromatic rings. The predicted octanol–water partition coefficient (Wildman–Crippen LogP) is 4.95. The zero-order valence-electron chi connectivity index (χ0n) is 17.0. The molecule has 0 unspecified atom stereocenters. The van der Waals surface area contributed by atoms with Crippen molar-refractivity contribution >= 4 is 23.1 Å². The topological polar surface area (TPSA) is 67.3 Å². The number of rotatable bonds is 5. The summed E-state index contributed by atoms with van der Waals surface area (Å²) < 4.78 is 19.1. The first-order valence-electron chi connectivity index (χ1n) is 10.1. The number of halogens is 1. The number of hydrogen-bond donors (Lipinski definition) is 1. The van der Waals surface area contributed by atoms with Gasteiger partial charge in [-0.3, -0.25) is 9.78 Å². The van der Waals surface area contributed by atoms with Gasteiger partial charge in [0, 0.05) is 24.3 Å². The summed E-state index contributed by atoms with van der Waals surface area (Å²) in [6.07, 6.45) is 5.11. The van der Waals surface area contributed by atoms with Crippen LogP contribution in [0.25, 0.3) is 11.1 Å². The number of carbonyl (C=O) groups is 1. The molecule has 1 N–H and O–H groups in total. The molecule has 0 saturated heterocycles. The third-order valence-corrected chi connectivity index (χ3v) is 5.18. The van der Waals surface area contributed by atoms with Crippen LogP contribution in [0.3, 0.4) is 0 Å². The van der Waals surface area contributed by atoms with E-state index in [2.05, 4.69) is 15.3 Å². The van der Waals surface area contributed by atoms with Crippen molar-refractivity contribution in [2.75, 3.05) is 16.8 Å². The lowest BCUT2D eigenvalue weighted by molar-refractivity contribution is -0.121. The molecule has 0 atom stereocenters. The Morgan fingerprint density at radius 3 is 2.66 bits per heavy atom. The van der Waals surface area contributed by atoms with Gasteiger partial charge in [-0.25, -0.2) is 9.37 Å². The molecule has 0 spiro atoms. The Balaban J connectivity index is 1.46. The summed E-state index contributed by atoms with van der Waals surface area (Å²) in [5.41, 5.74) is 4.13. The van der Waals surface area contributed by atoms with E-state index in [9.17, 15) is 9.18 Å². The van der Waals surface area contributed by atoms with E-state index in [-0.39, 0.29) is 18.3 Å². The maximum atomic E-state index is 13.5. The standard InChI is InChI=1S/C25H19FN4O2/c26-20-2-1-3-21(14-20)29-24-13-19(8-11-28-24)18-4-5-23-22(12-18)30(25(31)16-32-23)15-17-6-9-27-10-7-17/h1-14H,15-16H2,(H,28,29). The first-order valence-corrected chi connectivity index (χ1v) is 10.1. The molecule has 32 heavy (non-hydrogen) atoms. The van der Waals surface area contributed by atoms with E-state index >= 15 is 0 Å². The maximum Gasteiger partial charge on any atom is 0.265 e. The smallest absolute Gasteiger partial charge is 0.265 e. The fraction of sp³-hybridized carbons (Fsp3) is 0.0800. The van der Waals surface area contributed by atoms with Crippen LogP contribution in [-0.2, 0) is 11.3 Å². The number of carbonyl (C=O) groups excluding carboxylic acids is 1. The number of nitrogens with one attached hydrogen (secondary N) is 1. The Hall–Kier alpha value is -4.26. The summed E-state index contributed by atoms with van der Waals surface area (Å²) in [7, 11) is 0. The van der Waals surface area contributed by atoms with Gasteiger partial charge in [0.1, 0.15) is 17.4 Å². The van der Waals surface area contributed by atoms with Crippen molar-refractivity contribution < 1.29 is 13.9 Å². The summed E-state index contributed by atoms with van der Waals surface area (Å²) in [4.78, 5) is 22.7. The maximum absolute atomic E-state index is 13.5. The molecule has 6 nitrogen and oxygen atoms in total. The molecule has 0 bridgehead atoms. The number of nitrogens with zero attached hydrogens (tertiary/aromatic N) is 3. The third kappa shape index (κ3) is 4.13. The summed E-state index contributed by atoms with van der Waals surface area (Å²) in [5.74, 6) is 0.829. The van der Waals surface area contributed by atoms with Crippen LogP contribution < -0.4 is 15.0 Å². The van der Waals surface area contributed by atoms with Crippen LogP contribution in [0.4, 0.5) is 21.6 Å². The first-order chi connectivity index (χ1) is 15.7. The highest BCUT2D eigenvalue weighted by Crippen LogP contribution is 2.37. The lowest BCUT2D eigenvalue weighted by atomic mass is 10.0. The molecule has 0 fully saturated rings. The van der Waals surface area contributed by atoms with Crippen LogP contribution in [0, 0.1) is 5.82 Å². The second-order valence-electron chi connectivity index (χ2n) is 7.37. The molecule has 5 rings (SSSR count). The van der Waals surface area contributed by atoms with Crippen molar-refractivity contribution in [2.24, 2.45) is 0 Å². The van der Waals surface area contributed by atoms with Crippen LogP contribution in [0.1, 0.15) is 5.56 Å². The Labute approximate surface area is 184 Å². The normalized spacial score (nSPS) is 12.8. The molecule has 158 valence electrons. The zero-order valence-corrected chi connectivity index (χ0v) is 17.0. The van der Waals surface area contributed by atoms with Gasteiger partial charge in [-0.05, 0) is 71.3 Å². The fourth-order valence-corrected chi connectivity index (χ4v) is 3.62. The summed E-state index contributed by atoms with van der Waals surface area (Å²) in [6, 6.07) is 19.5. The van der Waals surface area contributed by atoms with Crippen LogP contribution in [0.2, 0.25) is 0 Å². The van der Waals surface area contributed by atoms with Gasteiger partial charge < -0.3 is 15.0 Å². The number of fused-ring (bicyclic) bond motifs is 1. The van der Waals surface area contributed by atoms with Crippen LogP contribution in [-0.4, -0.2) is 22.5 Å². The van der Waals surface area contributed by atoms with Crippen molar-refractivity contribution in [2.45, 2.75) is 6.54 Å². The fourth-order valence-electron chi connectivity index (χ4n) is 3.62. The predicted molar refractivity (Wildman–Crippen MR) is 120 cm³/mol. The van der Waals surface area contributed by atoms with E-state index in [1.807, 2.05) is 42.5 Å². The van der Waals surface area contributed by atoms with Gasteiger partial charge in [0.25, 0.3) is 5.91 Å². The van der Waals surface area contributed by atoms with Crippen LogP contribution >= 0.6 is 0 Å². The van der Waals surface area contributed by atoms with Gasteiger partial charge in [-0.1, -0.05) is 12.1 Å². The summed E-state index contributed by atoms with van der Waals surface area (Å²) in [5, 5.41) is 3.12. The van der Waals surface area contributed by atoms with E-state index in [1.54, 1.807) is 35.6 Å². The monoisotopic (exact) mass is 426 g/mol. The van der Waals surface area contributed by atoms with Gasteiger partial charge >= 0.3 is 0 Å². The highest BCUT2D eigenvalue weighted by molar-refractivity contribution is 5.98. The zero-order chi connectivity index (χ0) is 21.9. The van der Waals surface area contributed by atoms with Gasteiger partial charge in [0.05, 0.1) is 12.2 Å². The van der Waals surface area contributed by atoms with Gasteiger partial charge in [-0.15, -0.1) is 0 Å². The molecular weight excluding hydrogens is 407 g/mol. The number of hydrogen-bond acceptors (Lipinski definition) is 5. The van der Waals surface area contributed by atoms with Gasteiger partial charge in [-0.2, -0.15) is 0 Å². The first kappa shape index (κ1) is 19.7. The Morgan fingerprint density at radius 2 is 1.81 bits per heavy atom. The van der Waals surface area contributed by atoms with Crippen LogP contribution in [0.5, 0.6) is 5.75 Å². The molecule has 7 heteroatoms. The number of aromatic nitrogens is 2. The molecule has 1 aliphatic heterocycles. The number of ether oxygens (including phenoxy) is 1. The lowest BCUT2D eigenvalue weighted by Gasteiger charge is -2.30. The largest absolute Gasteiger partial charge is 0.482 e. The van der Waals surface area contributed by atoms with Crippen molar-refractivity contribution in [3.05, 3.63) is 96.7 Å². The summed E-state index contributed by atoms with van der Waals surface area (Å²) >= 11 is 0. The van der Waals surface area contributed by atoms with E-state index in [1.165, 1.54) is 12.1 Å². The molecular formula is C25H19FN4O2. The van der Waals surface area contributed by atoms with Gasteiger partial charge in [0.2, 0.25) is 0 Å². The molecule has 0 radical (unpaired) electrons. The molecule has 0 aliphatic carbocycles. The summed E-state index contributed by atoms with van der Waals surface area (Å²) in [6.45, 7) is 0.443. The third-order valence-electron chi connectivity index (χ3n) is 5.18. The van der Waals surface area contributed by atoms with Crippen molar-refractivity contribution in [1.82, 2.24) is 9.97 Å². The van der Waals surface area contributed by atoms with Crippen LogP contribution in [0.15, 0.2) is 85.3 Å². The number of amides is 1. The molecule has 3 heterocycles. The SMILES string of the molecule is O=C1COc2ccc(-c3ccnc(Nc4cccc(F)c4)c3)cc2N1Cc1ccncc1. The highest BCUT2D eigenvalue weighted by atomic mass is 19.1. The molecule has 1 amide bonds. The van der Waals surface area contributed by atoms with Gasteiger partial charge in [0.15, 0.2) is 6.61 Å². The number of anilines is 3. The minimum absolute atomic E-state index is 0.00832. The minimum atomic E-state index is -0.320. The van der Waals surface area contributed by atoms with Crippen molar-refractivity contribution in [3.63, 3.8) is 0 Å². The molecule has 2 aromatic carbocycles. The quantitative estimate of drug-likeness (QED) is 0.489. The molecule has 1 aliphatic rings. The highest BCUT2D eigenvalue weighted by Gasteiger charge is 2.26. The van der Waals surface area contributed by atoms with Crippen molar-refractivity contribution in [1.29, 1.82) is 0 Å². The van der Waals surface area contributed by atoms with E-state index in [0.29, 0.717) is 29.5 Å². The molecule has 0 saturated carbocycles. The Bertz CT molecular complexity index is 1280. The molecule has 2 aromatic heterocycles. The average Bonchev–Trinajstić information content (AvgIpc) is 2.81. The number of pyridine rings is 2. The minimum Gasteiger partial charge on any atom is -0.482 e. The Kier molecular flexibility index (Phi) is 5.21. The average molecular weight is 426 g/mol. The van der Waals surface area contributed by atoms with E-state index in [0.717, 1.165) is 16.7 Å². The number of benzene rings is 2. The second kappa shape index (κ2) is 8.47. The lowest BCUT2D eigenvalue weighted by Crippen LogP contribution is -2.38. The van der Waals surface area contributed by atoms with E-state index < -0.39 is 0 Å². The van der Waals surface area contributed by atoms with E-state index in [4.69, 9.17) is 4.74 Å². The van der Waals surface area contributed by atoms with Crippen molar-refractivity contribution in [3.8, 4) is 16.9 Å². The second-order valence-corrected chi connectivity index (χ2v) is 7.37.